The molecule has 278 valence electrons. The molecule has 3 aromatic heterocycles. The molecule has 8 aromatic carbocycles. The Bertz CT molecular complexity index is 3410. The van der Waals surface area contributed by atoms with Crippen molar-refractivity contribution in [3.63, 3.8) is 0 Å². The highest BCUT2D eigenvalue weighted by Gasteiger charge is 2.35. The van der Waals surface area contributed by atoms with Gasteiger partial charge in [0, 0.05) is 55.0 Å². The molecule has 0 radical (unpaired) electrons. The minimum atomic E-state index is -0.124. The Morgan fingerprint density at radius 2 is 0.847 bits per heavy atom. The number of hydrogen-bond acceptors (Lipinski definition) is 2. The normalized spacial score (nSPS) is 13.1. The lowest BCUT2D eigenvalue weighted by Crippen LogP contribution is -2.14. The Balaban J connectivity index is 1.03. The van der Waals surface area contributed by atoms with E-state index in [1.807, 2.05) is 0 Å². The number of para-hydroxylation sites is 4. The fourth-order valence-electron chi connectivity index (χ4n) is 9.68. The summed E-state index contributed by atoms with van der Waals surface area (Å²) in [5.74, 6) is 0.700. The van der Waals surface area contributed by atoms with E-state index in [0.29, 0.717) is 5.82 Å². The Labute approximate surface area is 342 Å². The standard InChI is InChI=1S/C55H38N4/c1-55(2)46-20-10-6-16-40(46)41-30-26-36(33-47(41)55)49-34-48(35-24-28-39(29-25-35)59-50-21-11-7-17-42(50)43-18-8-12-22-51(43)59)56-54(57-49)37-27-31-53-45(32-37)44-19-9-13-23-52(44)58(53)38-14-4-3-5-15-38/h3-34H,1-2H3. The van der Waals surface area contributed by atoms with Gasteiger partial charge in [0.05, 0.1) is 33.5 Å². The van der Waals surface area contributed by atoms with Gasteiger partial charge in [-0.05, 0) is 95.1 Å². The van der Waals surface area contributed by atoms with Gasteiger partial charge >= 0.3 is 0 Å². The van der Waals surface area contributed by atoms with E-state index in [9.17, 15) is 0 Å². The van der Waals surface area contributed by atoms with Crippen molar-refractivity contribution in [3.8, 4) is 56.4 Å². The van der Waals surface area contributed by atoms with Crippen LogP contribution in [0.5, 0.6) is 0 Å². The van der Waals surface area contributed by atoms with Crippen LogP contribution in [0.3, 0.4) is 0 Å². The average molecular weight is 755 g/mol. The van der Waals surface area contributed by atoms with Gasteiger partial charge in [-0.2, -0.15) is 0 Å². The van der Waals surface area contributed by atoms with Crippen molar-refractivity contribution in [2.24, 2.45) is 0 Å². The van der Waals surface area contributed by atoms with Crippen LogP contribution in [-0.2, 0) is 5.41 Å². The number of fused-ring (bicyclic) bond motifs is 9. The van der Waals surface area contributed by atoms with E-state index in [2.05, 4.69) is 217 Å². The maximum Gasteiger partial charge on any atom is 0.160 e. The summed E-state index contributed by atoms with van der Waals surface area (Å²) < 4.78 is 4.71. The minimum Gasteiger partial charge on any atom is -0.309 e. The van der Waals surface area contributed by atoms with Crippen LogP contribution in [0.15, 0.2) is 194 Å². The van der Waals surface area contributed by atoms with E-state index in [4.69, 9.17) is 9.97 Å². The van der Waals surface area contributed by atoms with E-state index in [1.165, 1.54) is 60.3 Å². The van der Waals surface area contributed by atoms with E-state index >= 15 is 0 Å². The predicted molar refractivity (Wildman–Crippen MR) is 245 cm³/mol. The monoisotopic (exact) mass is 754 g/mol. The maximum absolute atomic E-state index is 5.38. The first kappa shape index (κ1) is 33.6. The zero-order chi connectivity index (χ0) is 39.2. The summed E-state index contributed by atoms with van der Waals surface area (Å²) in [6.07, 6.45) is 0. The van der Waals surface area contributed by atoms with Crippen molar-refractivity contribution in [1.29, 1.82) is 0 Å². The van der Waals surface area contributed by atoms with Crippen molar-refractivity contribution in [3.05, 3.63) is 205 Å². The Morgan fingerprint density at radius 3 is 1.53 bits per heavy atom. The van der Waals surface area contributed by atoms with Gasteiger partial charge in [-0.15, -0.1) is 0 Å². The predicted octanol–water partition coefficient (Wildman–Crippen LogP) is 14.0. The van der Waals surface area contributed by atoms with Crippen molar-refractivity contribution in [2.75, 3.05) is 0 Å². The molecule has 0 unspecified atom stereocenters. The van der Waals surface area contributed by atoms with Gasteiger partial charge in [0.25, 0.3) is 0 Å². The molecule has 0 N–H and O–H groups in total. The van der Waals surface area contributed by atoms with Crippen molar-refractivity contribution >= 4 is 43.6 Å². The first-order valence-corrected chi connectivity index (χ1v) is 20.3. The molecule has 0 spiro atoms. The smallest absolute Gasteiger partial charge is 0.160 e. The van der Waals surface area contributed by atoms with Crippen LogP contribution >= 0.6 is 0 Å². The molecule has 0 amide bonds. The molecule has 0 atom stereocenters. The second-order valence-corrected chi connectivity index (χ2v) is 16.2. The third-order valence-electron chi connectivity index (χ3n) is 12.6. The largest absolute Gasteiger partial charge is 0.309 e. The van der Waals surface area contributed by atoms with Gasteiger partial charge in [-0.3, -0.25) is 0 Å². The summed E-state index contributed by atoms with van der Waals surface area (Å²) in [7, 11) is 0. The number of rotatable bonds is 5. The van der Waals surface area contributed by atoms with Gasteiger partial charge in [-0.1, -0.05) is 135 Å². The highest BCUT2D eigenvalue weighted by molar-refractivity contribution is 6.11. The summed E-state index contributed by atoms with van der Waals surface area (Å²) in [6.45, 7) is 4.66. The van der Waals surface area contributed by atoms with E-state index < -0.39 is 0 Å². The number of aromatic nitrogens is 4. The third-order valence-corrected chi connectivity index (χ3v) is 12.6. The molecule has 0 aliphatic heterocycles. The Hall–Kier alpha value is -7.56. The molecule has 0 bridgehead atoms. The molecule has 1 aliphatic carbocycles. The van der Waals surface area contributed by atoms with Crippen molar-refractivity contribution in [2.45, 2.75) is 19.3 Å². The van der Waals surface area contributed by atoms with Crippen molar-refractivity contribution < 1.29 is 0 Å². The van der Waals surface area contributed by atoms with Crippen LogP contribution < -0.4 is 0 Å². The van der Waals surface area contributed by atoms with Gasteiger partial charge in [0.2, 0.25) is 0 Å². The molecule has 4 nitrogen and oxygen atoms in total. The van der Waals surface area contributed by atoms with Gasteiger partial charge in [0.1, 0.15) is 0 Å². The minimum absolute atomic E-state index is 0.124. The second kappa shape index (κ2) is 12.7. The summed E-state index contributed by atoms with van der Waals surface area (Å²) in [4.78, 5) is 10.7. The fraction of sp³-hybridized carbons (Fsp3) is 0.0545. The summed E-state index contributed by atoms with van der Waals surface area (Å²) in [6, 6.07) is 69.9. The molecule has 4 heteroatoms. The Kier molecular flexibility index (Phi) is 7.24. The lowest BCUT2D eigenvalue weighted by Gasteiger charge is -2.22. The number of nitrogens with zero attached hydrogens (tertiary/aromatic N) is 4. The maximum atomic E-state index is 5.38. The molecule has 1 aliphatic rings. The first-order chi connectivity index (χ1) is 29.0. The summed E-state index contributed by atoms with van der Waals surface area (Å²) in [5, 5.41) is 4.87. The Morgan fingerprint density at radius 1 is 0.356 bits per heavy atom. The van der Waals surface area contributed by atoms with Gasteiger partial charge in [-0.25, -0.2) is 9.97 Å². The third kappa shape index (κ3) is 5.09. The first-order valence-electron chi connectivity index (χ1n) is 20.3. The number of benzene rings is 8. The average Bonchev–Trinajstić information content (AvgIpc) is 3.89. The van der Waals surface area contributed by atoms with Crippen LogP contribution in [0.1, 0.15) is 25.0 Å². The van der Waals surface area contributed by atoms with Crippen LogP contribution in [-0.4, -0.2) is 19.1 Å². The van der Waals surface area contributed by atoms with Crippen LogP contribution in [0.4, 0.5) is 0 Å². The molecule has 0 saturated heterocycles. The molecule has 0 saturated carbocycles. The van der Waals surface area contributed by atoms with Gasteiger partial charge in [0.15, 0.2) is 5.82 Å². The van der Waals surface area contributed by atoms with E-state index in [1.54, 1.807) is 0 Å². The topological polar surface area (TPSA) is 35.6 Å². The molecular formula is C55H38N4. The fourth-order valence-corrected chi connectivity index (χ4v) is 9.68. The molecule has 12 rings (SSSR count). The van der Waals surface area contributed by atoms with Crippen LogP contribution in [0.2, 0.25) is 0 Å². The van der Waals surface area contributed by atoms with Crippen molar-refractivity contribution in [1.82, 2.24) is 19.1 Å². The molecule has 59 heavy (non-hydrogen) atoms. The van der Waals surface area contributed by atoms with Gasteiger partial charge < -0.3 is 9.13 Å². The molecule has 0 fully saturated rings. The molecule has 3 heterocycles. The highest BCUT2D eigenvalue weighted by atomic mass is 15.0. The lowest BCUT2D eigenvalue weighted by molar-refractivity contribution is 0.660. The van der Waals surface area contributed by atoms with Crippen LogP contribution in [0.25, 0.3) is 100 Å². The molecule has 11 aromatic rings. The van der Waals surface area contributed by atoms with E-state index in [-0.39, 0.29) is 5.41 Å². The molecular weight excluding hydrogens is 717 g/mol. The summed E-state index contributed by atoms with van der Waals surface area (Å²) >= 11 is 0. The quantitative estimate of drug-likeness (QED) is 0.175. The zero-order valence-electron chi connectivity index (χ0n) is 32.8. The lowest BCUT2D eigenvalue weighted by atomic mass is 9.82. The zero-order valence-corrected chi connectivity index (χ0v) is 32.8. The summed E-state index contributed by atoms with van der Waals surface area (Å²) in [5.41, 5.74) is 17.0. The second-order valence-electron chi connectivity index (χ2n) is 16.2. The number of hydrogen-bond donors (Lipinski definition) is 0. The van der Waals surface area contributed by atoms with E-state index in [0.717, 1.165) is 45.0 Å². The van der Waals surface area contributed by atoms with Crippen LogP contribution in [0, 0.1) is 0 Å². The highest BCUT2D eigenvalue weighted by Crippen LogP contribution is 2.49. The SMILES string of the molecule is CC1(C)c2ccccc2-c2ccc(-c3cc(-c4ccc(-n5c6ccccc6c6ccccc65)cc4)nc(-c4ccc5c(c4)c4ccccc4n5-c4ccccc4)n3)cc21.